The van der Waals surface area contributed by atoms with E-state index in [2.05, 4.69) is 31.1 Å². The monoisotopic (exact) mass is 236 g/mol. The first-order valence-electron chi connectivity index (χ1n) is 5.03. The van der Waals surface area contributed by atoms with E-state index < -0.39 is 13.9 Å². The molecule has 16 heavy (non-hydrogen) atoms. The summed E-state index contributed by atoms with van der Waals surface area (Å²) in [6, 6.07) is 5.26. The number of hydrogen-bond donors (Lipinski definition) is 0. The molecular weight excluding hydrogens is 222 g/mol. The van der Waals surface area contributed by atoms with Gasteiger partial charge in [0.1, 0.15) is 19.7 Å². The van der Waals surface area contributed by atoms with Crippen LogP contribution in [0, 0.1) is 17.3 Å². The Hall–Kier alpha value is -1.40. The van der Waals surface area contributed by atoms with E-state index in [-0.39, 0.29) is 5.82 Å². The van der Waals surface area contributed by atoms with E-state index in [1.807, 2.05) is 0 Å². The molecular formula is C13H14F2Si. The maximum Gasteiger partial charge on any atom is 0.138 e. The minimum atomic E-state index is -1.47. The molecule has 84 valence electrons. The van der Waals surface area contributed by atoms with Gasteiger partial charge in [0.15, 0.2) is 0 Å². The molecule has 0 bridgehead atoms. The van der Waals surface area contributed by atoms with Gasteiger partial charge in [-0.05, 0) is 24.3 Å². The molecule has 0 amide bonds. The number of halogens is 2. The van der Waals surface area contributed by atoms with Gasteiger partial charge in [0.05, 0.1) is 0 Å². The second kappa shape index (κ2) is 5.09. The Labute approximate surface area is 96.0 Å². The van der Waals surface area contributed by atoms with Crippen molar-refractivity contribution in [1.29, 1.82) is 0 Å². The first-order chi connectivity index (χ1) is 7.38. The molecule has 0 spiro atoms. The molecule has 0 atom stereocenters. The number of benzene rings is 1. The Morgan fingerprint density at radius 3 is 2.25 bits per heavy atom. The first kappa shape index (κ1) is 12.7. The smallest absolute Gasteiger partial charge is 0.138 e. The standard InChI is InChI=1S/C13H14F2Si/c1-16(2,3)10-4-5-13(15)11-6-8-12(14)9-7-11/h5-9H,1-3H3/b13-5-. The minimum absolute atomic E-state index is 0.353. The van der Waals surface area contributed by atoms with Gasteiger partial charge in [-0.2, -0.15) is 0 Å². The molecule has 0 radical (unpaired) electrons. The average Bonchev–Trinajstić information content (AvgIpc) is 2.16. The Morgan fingerprint density at radius 2 is 1.75 bits per heavy atom. The lowest BCUT2D eigenvalue weighted by atomic mass is 10.2. The summed E-state index contributed by atoms with van der Waals surface area (Å²) in [6.45, 7) is 6.26. The zero-order chi connectivity index (χ0) is 12.2. The highest BCUT2D eigenvalue weighted by molar-refractivity contribution is 6.83. The third-order valence-corrected chi connectivity index (χ3v) is 2.66. The molecule has 0 N–H and O–H groups in total. The normalized spacial score (nSPS) is 11.9. The maximum atomic E-state index is 13.5. The summed E-state index contributed by atoms with van der Waals surface area (Å²) in [6.07, 6.45) is 1.24. The van der Waals surface area contributed by atoms with E-state index in [1.54, 1.807) is 0 Å². The van der Waals surface area contributed by atoms with Crippen molar-refractivity contribution in [2.45, 2.75) is 19.6 Å². The van der Waals surface area contributed by atoms with Crippen molar-refractivity contribution in [3.8, 4) is 11.5 Å². The van der Waals surface area contributed by atoms with Crippen molar-refractivity contribution in [3.63, 3.8) is 0 Å². The van der Waals surface area contributed by atoms with Gasteiger partial charge in [0.25, 0.3) is 0 Å². The third kappa shape index (κ3) is 4.41. The van der Waals surface area contributed by atoms with Gasteiger partial charge >= 0.3 is 0 Å². The summed E-state index contributed by atoms with van der Waals surface area (Å²) in [5.74, 6) is 1.92. The summed E-state index contributed by atoms with van der Waals surface area (Å²) in [4.78, 5) is 0. The zero-order valence-electron chi connectivity index (χ0n) is 9.64. The predicted molar refractivity (Wildman–Crippen MR) is 66.6 cm³/mol. The number of hydrogen-bond acceptors (Lipinski definition) is 0. The van der Waals surface area contributed by atoms with Crippen LogP contribution in [0.3, 0.4) is 0 Å². The molecule has 0 aliphatic rings. The van der Waals surface area contributed by atoms with Crippen molar-refractivity contribution >= 4 is 13.9 Å². The van der Waals surface area contributed by atoms with Crippen LogP contribution < -0.4 is 0 Å². The minimum Gasteiger partial charge on any atom is -0.207 e. The average molecular weight is 236 g/mol. The molecule has 1 rings (SSSR count). The fourth-order valence-corrected chi connectivity index (χ4v) is 1.51. The second-order valence-electron chi connectivity index (χ2n) is 4.52. The van der Waals surface area contributed by atoms with Crippen LogP contribution >= 0.6 is 0 Å². The number of rotatable bonds is 1. The lowest BCUT2D eigenvalue weighted by molar-refractivity contribution is 0.627. The molecule has 1 aromatic carbocycles. The van der Waals surface area contributed by atoms with E-state index in [0.717, 1.165) is 0 Å². The molecule has 0 heterocycles. The van der Waals surface area contributed by atoms with Gasteiger partial charge in [0.2, 0.25) is 0 Å². The molecule has 1 aromatic rings. The van der Waals surface area contributed by atoms with Crippen molar-refractivity contribution in [1.82, 2.24) is 0 Å². The highest BCUT2D eigenvalue weighted by atomic mass is 28.3. The third-order valence-electron chi connectivity index (χ3n) is 1.77. The molecule has 0 fully saturated rings. The van der Waals surface area contributed by atoms with Gasteiger partial charge in [0, 0.05) is 11.6 Å². The number of allylic oxidation sites excluding steroid dienone is 1. The molecule has 0 aliphatic heterocycles. The Balaban J connectivity index is 2.85. The van der Waals surface area contributed by atoms with Crippen molar-refractivity contribution in [2.24, 2.45) is 0 Å². The highest BCUT2D eigenvalue weighted by Gasteiger charge is 2.07. The Morgan fingerprint density at radius 1 is 1.19 bits per heavy atom. The van der Waals surface area contributed by atoms with E-state index >= 15 is 0 Å². The van der Waals surface area contributed by atoms with Crippen molar-refractivity contribution in [2.75, 3.05) is 0 Å². The zero-order valence-corrected chi connectivity index (χ0v) is 10.6. The van der Waals surface area contributed by atoms with Crippen LogP contribution in [-0.4, -0.2) is 8.07 Å². The molecule has 3 heteroatoms. The first-order valence-corrected chi connectivity index (χ1v) is 8.53. The van der Waals surface area contributed by atoms with Gasteiger partial charge < -0.3 is 0 Å². The van der Waals surface area contributed by atoms with Gasteiger partial charge in [-0.1, -0.05) is 25.6 Å². The fraction of sp³-hybridized carbons (Fsp3) is 0.231. The van der Waals surface area contributed by atoms with Gasteiger partial charge in [-0.3, -0.25) is 0 Å². The van der Waals surface area contributed by atoms with Crippen LogP contribution in [0.5, 0.6) is 0 Å². The quantitative estimate of drug-likeness (QED) is 0.510. The Bertz CT molecular complexity index is 442. The molecule has 0 aromatic heterocycles. The van der Waals surface area contributed by atoms with Crippen LogP contribution in [-0.2, 0) is 0 Å². The molecule has 0 unspecified atom stereocenters. The largest absolute Gasteiger partial charge is 0.207 e. The van der Waals surface area contributed by atoms with Gasteiger partial charge in [-0.25, -0.2) is 8.78 Å². The molecule has 0 saturated carbocycles. The summed E-state index contributed by atoms with van der Waals surface area (Å²) in [7, 11) is -1.47. The van der Waals surface area contributed by atoms with E-state index in [0.29, 0.717) is 5.56 Å². The molecule has 0 aliphatic carbocycles. The van der Waals surface area contributed by atoms with Crippen molar-refractivity contribution in [3.05, 3.63) is 41.7 Å². The van der Waals surface area contributed by atoms with Crippen LogP contribution in [0.4, 0.5) is 8.78 Å². The fourth-order valence-electron chi connectivity index (χ4n) is 1.01. The second-order valence-corrected chi connectivity index (χ2v) is 9.27. The van der Waals surface area contributed by atoms with Crippen molar-refractivity contribution < 1.29 is 8.78 Å². The van der Waals surface area contributed by atoms with E-state index in [4.69, 9.17) is 0 Å². The van der Waals surface area contributed by atoms with Crippen LogP contribution in [0.15, 0.2) is 30.3 Å². The predicted octanol–water partition coefficient (Wildman–Crippen LogP) is 4.02. The Kier molecular flexibility index (Phi) is 4.03. The lowest BCUT2D eigenvalue weighted by Gasteiger charge is -2.02. The van der Waals surface area contributed by atoms with Crippen LogP contribution in [0.2, 0.25) is 19.6 Å². The summed E-state index contributed by atoms with van der Waals surface area (Å²) in [5.41, 5.74) is 3.39. The highest BCUT2D eigenvalue weighted by Crippen LogP contribution is 2.15. The van der Waals surface area contributed by atoms with Gasteiger partial charge in [-0.15, -0.1) is 5.54 Å². The van der Waals surface area contributed by atoms with Crippen LogP contribution in [0.25, 0.3) is 5.83 Å². The SMILES string of the molecule is C[Si](C)(C)C#C/C=C(\F)c1ccc(F)cc1. The maximum absolute atomic E-state index is 13.5. The summed E-state index contributed by atoms with van der Waals surface area (Å²) >= 11 is 0. The summed E-state index contributed by atoms with van der Waals surface area (Å²) < 4.78 is 26.1. The molecule has 0 nitrogen and oxygen atoms in total. The van der Waals surface area contributed by atoms with E-state index in [9.17, 15) is 8.78 Å². The van der Waals surface area contributed by atoms with Crippen LogP contribution in [0.1, 0.15) is 5.56 Å². The van der Waals surface area contributed by atoms with E-state index in [1.165, 1.54) is 30.3 Å². The topological polar surface area (TPSA) is 0 Å². The summed E-state index contributed by atoms with van der Waals surface area (Å²) in [5, 5.41) is 0. The molecule has 0 saturated heterocycles. The lowest BCUT2D eigenvalue weighted by Crippen LogP contribution is -2.16.